The molecule has 1 aliphatic carbocycles. The van der Waals surface area contributed by atoms with Gasteiger partial charge in [-0.2, -0.15) is 5.26 Å². The molecular formula is C14H18N2O4S. The molecule has 1 heterocycles. The molecule has 0 saturated heterocycles. The van der Waals surface area contributed by atoms with Gasteiger partial charge in [0, 0.05) is 6.07 Å². The lowest BCUT2D eigenvalue weighted by Gasteiger charge is -2.21. The summed E-state index contributed by atoms with van der Waals surface area (Å²) >= 11 is 0. The minimum atomic E-state index is -3.67. The van der Waals surface area contributed by atoms with Crippen LogP contribution in [-0.4, -0.2) is 20.1 Å². The number of carbonyl (C=O) groups is 1. The van der Waals surface area contributed by atoms with E-state index in [0.29, 0.717) is 0 Å². The number of nitrogens with zero attached hydrogens (tertiary/aromatic N) is 1. The van der Waals surface area contributed by atoms with E-state index >= 15 is 0 Å². The molecule has 0 atom stereocenters. The van der Waals surface area contributed by atoms with Crippen molar-refractivity contribution in [3.8, 4) is 6.07 Å². The number of furan rings is 1. The summed E-state index contributed by atoms with van der Waals surface area (Å²) in [6.07, 6.45) is 5.01. The normalized spacial score (nSPS) is 16.4. The molecule has 0 bridgehead atoms. The van der Waals surface area contributed by atoms with Gasteiger partial charge in [-0.1, -0.05) is 19.3 Å². The lowest BCUT2D eigenvalue weighted by atomic mass is 9.91. The Kier molecular flexibility index (Phi) is 4.68. The lowest BCUT2D eigenvalue weighted by molar-refractivity contribution is 0.0980. The van der Waals surface area contributed by atoms with Crippen LogP contribution in [-0.2, 0) is 10.0 Å². The topological polar surface area (TPSA) is 100 Å². The number of carbonyl (C=O) groups excluding carboxylic acids is 1. The first-order chi connectivity index (χ1) is 9.91. The van der Waals surface area contributed by atoms with Gasteiger partial charge in [0.25, 0.3) is 5.91 Å². The van der Waals surface area contributed by atoms with E-state index in [2.05, 4.69) is 4.72 Å². The highest BCUT2D eigenvalue weighted by atomic mass is 32.2. The molecule has 0 aromatic carbocycles. The molecule has 114 valence electrons. The van der Waals surface area contributed by atoms with Crippen molar-refractivity contribution < 1.29 is 17.6 Å². The standard InChI is InChI=1S/C14H18N2O4S/c1-10-13(7-12(8-15)20-10)14(17)16-21(18,19)9-11-5-3-2-4-6-11/h7,11H,2-6,9H2,1H3,(H,16,17). The number of nitrogens with one attached hydrogen (secondary N) is 1. The molecule has 1 aliphatic rings. The number of hydrogen-bond donors (Lipinski definition) is 1. The van der Waals surface area contributed by atoms with Gasteiger partial charge in [-0.05, 0) is 25.7 Å². The van der Waals surface area contributed by atoms with Crippen LogP contribution in [0.25, 0.3) is 0 Å². The molecule has 2 rings (SSSR count). The van der Waals surface area contributed by atoms with E-state index in [4.69, 9.17) is 9.68 Å². The van der Waals surface area contributed by atoms with Gasteiger partial charge >= 0.3 is 0 Å². The highest BCUT2D eigenvalue weighted by Gasteiger charge is 2.25. The maximum atomic E-state index is 12.0. The summed E-state index contributed by atoms with van der Waals surface area (Å²) in [6, 6.07) is 3.03. The first kappa shape index (κ1) is 15.6. The van der Waals surface area contributed by atoms with Gasteiger partial charge in [0.05, 0.1) is 11.3 Å². The van der Waals surface area contributed by atoms with E-state index in [9.17, 15) is 13.2 Å². The maximum Gasteiger partial charge on any atom is 0.268 e. The molecule has 1 N–H and O–H groups in total. The van der Waals surface area contributed by atoms with Gasteiger partial charge in [0.1, 0.15) is 11.8 Å². The van der Waals surface area contributed by atoms with Crippen LogP contribution in [0.2, 0.25) is 0 Å². The monoisotopic (exact) mass is 310 g/mol. The van der Waals surface area contributed by atoms with Crippen molar-refractivity contribution >= 4 is 15.9 Å². The number of aryl methyl sites for hydroxylation is 1. The van der Waals surface area contributed by atoms with Gasteiger partial charge in [-0.25, -0.2) is 13.1 Å². The molecule has 6 nitrogen and oxygen atoms in total. The summed E-state index contributed by atoms with van der Waals surface area (Å²) < 4.78 is 31.2. The molecule has 1 aromatic heterocycles. The van der Waals surface area contributed by atoms with Gasteiger partial charge < -0.3 is 4.42 Å². The van der Waals surface area contributed by atoms with Crippen LogP contribution >= 0.6 is 0 Å². The summed E-state index contributed by atoms with van der Waals surface area (Å²) in [5.41, 5.74) is 0.0822. The van der Waals surface area contributed by atoms with Crippen molar-refractivity contribution in [2.45, 2.75) is 39.0 Å². The van der Waals surface area contributed by atoms with Gasteiger partial charge in [-0.3, -0.25) is 4.79 Å². The molecule has 0 unspecified atom stereocenters. The lowest BCUT2D eigenvalue weighted by Crippen LogP contribution is -2.35. The fourth-order valence-corrected chi connectivity index (χ4v) is 4.09. The first-order valence-electron chi connectivity index (χ1n) is 6.96. The third-order valence-electron chi connectivity index (χ3n) is 3.70. The number of rotatable bonds is 4. The first-order valence-corrected chi connectivity index (χ1v) is 8.62. The Bertz CT molecular complexity index is 664. The molecule has 0 radical (unpaired) electrons. The Hall–Kier alpha value is -1.81. The maximum absolute atomic E-state index is 12.0. The predicted octanol–water partition coefficient (Wildman–Crippen LogP) is 2.10. The number of sulfonamides is 1. The smallest absolute Gasteiger partial charge is 0.268 e. The molecule has 1 amide bonds. The van der Waals surface area contributed by atoms with E-state index in [-0.39, 0.29) is 28.8 Å². The summed E-state index contributed by atoms with van der Waals surface area (Å²) in [4.78, 5) is 12.0. The van der Waals surface area contributed by atoms with Gasteiger partial charge in [0.2, 0.25) is 15.8 Å². The zero-order valence-electron chi connectivity index (χ0n) is 11.9. The summed E-state index contributed by atoms with van der Waals surface area (Å²) in [5, 5.41) is 8.71. The Morgan fingerprint density at radius 1 is 1.43 bits per heavy atom. The molecule has 0 aliphatic heterocycles. The average Bonchev–Trinajstić information content (AvgIpc) is 2.80. The Morgan fingerprint density at radius 2 is 2.10 bits per heavy atom. The number of nitriles is 1. The number of amides is 1. The predicted molar refractivity (Wildman–Crippen MR) is 76.0 cm³/mol. The zero-order valence-corrected chi connectivity index (χ0v) is 12.7. The van der Waals surface area contributed by atoms with Crippen molar-refractivity contribution in [1.82, 2.24) is 4.72 Å². The van der Waals surface area contributed by atoms with Crippen LogP contribution < -0.4 is 4.72 Å². The molecule has 1 fully saturated rings. The Labute approximate surface area is 124 Å². The van der Waals surface area contributed by atoms with E-state index < -0.39 is 15.9 Å². The number of hydrogen-bond acceptors (Lipinski definition) is 5. The van der Waals surface area contributed by atoms with Crippen LogP contribution in [0, 0.1) is 24.2 Å². The Morgan fingerprint density at radius 3 is 2.67 bits per heavy atom. The molecule has 1 aromatic rings. The van der Waals surface area contributed by atoms with Crippen LogP contribution in [0.1, 0.15) is 54.0 Å². The molecular weight excluding hydrogens is 292 g/mol. The summed E-state index contributed by atoms with van der Waals surface area (Å²) in [6.45, 7) is 1.52. The second-order valence-corrected chi connectivity index (χ2v) is 7.18. The largest absolute Gasteiger partial charge is 0.450 e. The second kappa shape index (κ2) is 6.31. The SMILES string of the molecule is Cc1oc(C#N)cc1C(=O)NS(=O)(=O)CC1CCCCC1. The average molecular weight is 310 g/mol. The summed E-state index contributed by atoms with van der Waals surface area (Å²) in [5.74, 6) is -0.433. The Balaban J connectivity index is 2.03. The fraction of sp³-hybridized carbons (Fsp3) is 0.571. The van der Waals surface area contributed by atoms with Crippen molar-refractivity contribution in [2.24, 2.45) is 5.92 Å². The van der Waals surface area contributed by atoms with Crippen molar-refractivity contribution in [1.29, 1.82) is 5.26 Å². The van der Waals surface area contributed by atoms with E-state index in [1.54, 1.807) is 6.07 Å². The molecule has 0 spiro atoms. The van der Waals surface area contributed by atoms with Crippen molar-refractivity contribution in [2.75, 3.05) is 5.75 Å². The quantitative estimate of drug-likeness (QED) is 0.917. The van der Waals surface area contributed by atoms with Crippen LogP contribution in [0.4, 0.5) is 0 Å². The van der Waals surface area contributed by atoms with Crippen molar-refractivity contribution in [3.63, 3.8) is 0 Å². The van der Waals surface area contributed by atoms with Gasteiger partial charge in [-0.15, -0.1) is 0 Å². The molecule has 7 heteroatoms. The minimum absolute atomic E-state index is 0.0117. The van der Waals surface area contributed by atoms with Crippen LogP contribution in [0.15, 0.2) is 10.5 Å². The summed E-state index contributed by atoms with van der Waals surface area (Å²) in [7, 11) is -3.67. The van der Waals surface area contributed by atoms with Gasteiger partial charge in [0.15, 0.2) is 0 Å². The zero-order chi connectivity index (χ0) is 15.5. The van der Waals surface area contributed by atoms with E-state index in [1.807, 2.05) is 0 Å². The highest BCUT2D eigenvalue weighted by molar-refractivity contribution is 7.90. The molecule has 1 saturated carbocycles. The third kappa shape index (κ3) is 4.08. The van der Waals surface area contributed by atoms with Crippen LogP contribution in [0.5, 0.6) is 0 Å². The highest BCUT2D eigenvalue weighted by Crippen LogP contribution is 2.24. The minimum Gasteiger partial charge on any atom is -0.450 e. The van der Waals surface area contributed by atoms with Crippen molar-refractivity contribution in [3.05, 3.63) is 23.2 Å². The molecule has 21 heavy (non-hydrogen) atoms. The van der Waals surface area contributed by atoms with E-state index in [0.717, 1.165) is 32.1 Å². The van der Waals surface area contributed by atoms with E-state index in [1.165, 1.54) is 13.0 Å². The third-order valence-corrected chi connectivity index (χ3v) is 5.11. The fourth-order valence-electron chi connectivity index (χ4n) is 2.66. The second-order valence-electron chi connectivity index (χ2n) is 5.41. The van der Waals surface area contributed by atoms with Crippen LogP contribution in [0.3, 0.4) is 0 Å².